The zero-order valence-electron chi connectivity index (χ0n) is 21.0. The summed E-state index contributed by atoms with van der Waals surface area (Å²) in [6.07, 6.45) is 7.45. The summed E-state index contributed by atoms with van der Waals surface area (Å²) in [5.41, 5.74) is 6.06. The third kappa shape index (κ3) is 8.28. The molecular formula is C28H36N4O3. The maximum atomic E-state index is 12.5. The molecule has 0 aliphatic rings. The topological polar surface area (TPSA) is 88.6 Å². The lowest BCUT2D eigenvalue weighted by Crippen LogP contribution is -2.19. The van der Waals surface area contributed by atoms with Gasteiger partial charge in [0.1, 0.15) is 17.2 Å². The summed E-state index contributed by atoms with van der Waals surface area (Å²) in [6.45, 7) is 7.32. The van der Waals surface area contributed by atoms with Crippen molar-refractivity contribution in [1.82, 2.24) is 15.6 Å². The maximum absolute atomic E-state index is 12.5. The molecule has 2 N–H and O–H groups in total. The molecule has 7 heteroatoms. The molecule has 1 amide bonds. The molecule has 0 saturated carbocycles. The molecule has 0 fully saturated rings. The Labute approximate surface area is 207 Å². The van der Waals surface area contributed by atoms with Gasteiger partial charge in [-0.1, -0.05) is 51.2 Å². The Morgan fingerprint density at radius 1 is 0.943 bits per heavy atom. The number of hydrazone groups is 1. The molecule has 0 atom stereocenters. The first kappa shape index (κ1) is 26.0. The minimum atomic E-state index is -0.358. The summed E-state index contributed by atoms with van der Waals surface area (Å²) in [5, 5.41) is 11.3. The fourth-order valence-corrected chi connectivity index (χ4v) is 3.62. The van der Waals surface area contributed by atoms with Crippen LogP contribution in [-0.2, 0) is 0 Å². The van der Waals surface area contributed by atoms with Crippen LogP contribution in [-0.4, -0.2) is 35.0 Å². The monoisotopic (exact) mass is 476 g/mol. The van der Waals surface area contributed by atoms with Crippen molar-refractivity contribution in [1.29, 1.82) is 0 Å². The number of hydrogen-bond acceptors (Lipinski definition) is 5. The van der Waals surface area contributed by atoms with Crippen LogP contribution in [0.15, 0.2) is 59.7 Å². The number of hydrogen-bond donors (Lipinski definition) is 2. The zero-order chi connectivity index (χ0) is 24.9. The van der Waals surface area contributed by atoms with Gasteiger partial charge in [0.15, 0.2) is 0 Å². The highest BCUT2D eigenvalue weighted by Crippen LogP contribution is 2.22. The summed E-state index contributed by atoms with van der Waals surface area (Å²) in [4.78, 5) is 12.5. The van der Waals surface area contributed by atoms with Crippen LogP contribution in [0.1, 0.15) is 75.3 Å². The van der Waals surface area contributed by atoms with Crippen LogP contribution < -0.4 is 14.9 Å². The van der Waals surface area contributed by atoms with Crippen molar-refractivity contribution >= 4 is 11.6 Å². The molecule has 186 valence electrons. The number of nitrogens with zero attached hydrogens (tertiary/aromatic N) is 2. The smallest absolute Gasteiger partial charge is 0.289 e. The lowest BCUT2D eigenvalue weighted by molar-refractivity contribution is 0.0950. The Balaban J connectivity index is 1.50. The van der Waals surface area contributed by atoms with Crippen molar-refractivity contribution in [2.75, 3.05) is 13.2 Å². The van der Waals surface area contributed by atoms with Crippen LogP contribution in [0.5, 0.6) is 11.5 Å². The SMILES string of the molecule is CCCCCCCCOc1ccc(-c2cc(C(=O)NN=C(C)c3cccc(OCC)c3)[nH]n2)cc1. The molecule has 0 aliphatic carbocycles. The van der Waals surface area contributed by atoms with Crippen molar-refractivity contribution in [3.8, 4) is 22.8 Å². The van der Waals surface area contributed by atoms with Gasteiger partial charge in [0.25, 0.3) is 5.91 Å². The second-order valence-electron chi connectivity index (χ2n) is 8.41. The van der Waals surface area contributed by atoms with Gasteiger partial charge in [-0.3, -0.25) is 9.89 Å². The van der Waals surface area contributed by atoms with Crippen molar-refractivity contribution in [3.63, 3.8) is 0 Å². The van der Waals surface area contributed by atoms with E-state index in [-0.39, 0.29) is 5.91 Å². The molecule has 0 spiro atoms. The van der Waals surface area contributed by atoms with Crippen LogP contribution in [0.4, 0.5) is 0 Å². The molecule has 0 radical (unpaired) electrons. The first-order valence-corrected chi connectivity index (χ1v) is 12.5. The minimum absolute atomic E-state index is 0.336. The Bertz CT molecular complexity index is 1090. The molecule has 3 aromatic rings. The maximum Gasteiger partial charge on any atom is 0.289 e. The van der Waals surface area contributed by atoms with E-state index in [9.17, 15) is 4.79 Å². The molecule has 0 bridgehead atoms. The predicted molar refractivity (Wildman–Crippen MR) is 140 cm³/mol. The van der Waals surface area contributed by atoms with Gasteiger partial charge in [-0.05, 0) is 62.7 Å². The van der Waals surface area contributed by atoms with E-state index in [1.165, 1.54) is 32.1 Å². The number of carbonyl (C=O) groups is 1. The summed E-state index contributed by atoms with van der Waals surface area (Å²) in [5.74, 6) is 1.25. The molecule has 0 aliphatic heterocycles. The Morgan fingerprint density at radius 2 is 1.71 bits per heavy atom. The second kappa shape index (κ2) is 13.9. The van der Waals surface area contributed by atoms with E-state index in [2.05, 4.69) is 27.6 Å². The number of amides is 1. The van der Waals surface area contributed by atoms with Gasteiger partial charge in [-0.25, -0.2) is 5.43 Å². The standard InChI is InChI=1S/C28H36N4O3/c1-4-6-7-8-9-10-18-35-24-16-14-22(15-17-24)26-20-27(31-30-26)28(33)32-29-21(3)23-12-11-13-25(19-23)34-5-2/h11-17,19-20H,4-10,18H2,1-3H3,(H,30,31)(H,32,33). The third-order valence-corrected chi connectivity index (χ3v) is 5.63. The number of aromatic nitrogens is 2. The fourth-order valence-electron chi connectivity index (χ4n) is 3.62. The van der Waals surface area contributed by atoms with Crippen molar-refractivity contribution in [3.05, 3.63) is 65.9 Å². The van der Waals surface area contributed by atoms with E-state index in [4.69, 9.17) is 9.47 Å². The fraction of sp³-hybridized carbons (Fsp3) is 0.393. The molecule has 1 heterocycles. The zero-order valence-corrected chi connectivity index (χ0v) is 21.0. The first-order chi connectivity index (χ1) is 17.1. The van der Waals surface area contributed by atoms with Gasteiger partial charge in [0.2, 0.25) is 0 Å². The number of ether oxygens (including phenoxy) is 2. The number of nitrogens with one attached hydrogen (secondary N) is 2. The van der Waals surface area contributed by atoms with E-state index in [1.54, 1.807) is 6.07 Å². The molecule has 7 nitrogen and oxygen atoms in total. The van der Waals surface area contributed by atoms with E-state index in [0.29, 0.717) is 23.7 Å². The van der Waals surface area contributed by atoms with Crippen LogP contribution in [0.25, 0.3) is 11.3 Å². The molecule has 0 saturated heterocycles. The highest BCUT2D eigenvalue weighted by molar-refractivity contribution is 6.00. The number of rotatable bonds is 14. The lowest BCUT2D eigenvalue weighted by atomic mass is 10.1. The largest absolute Gasteiger partial charge is 0.494 e. The summed E-state index contributed by atoms with van der Waals surface area (Å²) >= 11 is 0. The first-order valence-electron chi connectivity index (χ1n) is 12.5. The normalized spacial score (nSPS) is 11.3. The predicted octanol–water partition coefficient (Wildman–Crippen LogP) is 6.37. The number of carbonyl (C=O) groups excluding carboxylic acids is 1. The number of unbranched alkanes of at least 4 members (excludes halogenated alkanes) is 5. The van der Waals surface area contributed by atoms with Gasteiger partial charge < -0.3 is 9.47 Å². The summed E-state index contributed by atoms with van der Waals surface area (Å²) < 4.78 is 11.4. The van der Waals surface area contributed by atoms with E-state index in [1.807, 2.05) is 62.4 Å². The number of benzene rings is 2. The molecule has 2 aromatic carbocycles. The average Bonchev–Trinajstić information content (AvgIpc) is 3.38. The van der Waals surface area contributed by atoms with E-state index < -0.39 is 0 Å². The third-order valence-electron chi connectivity index (χ3n) is 5.63. The molecule has 0 unspecified atom stereocenters. The van der Waals surface area contributed by atoms with Crippen molar-refractivity contribution in [2.45, 2.75) is 59.3 Å². The van der Waals surface area contributed by atoms with Gasteiger partial charge in [-0.2, -0.15) is 10.2 Å². The quantitative estimate of drug-likeness (QED) is 0.161. The number of aromatic amines is 1. The summed E-state index contributed by atoms with van der Waals surface area (Å²) in [6, 6.07) is 17.1. The number of H-pyrrole nitrogens is 1. The Kier molecular flexibility index (Phi) is 10.4. The van der Waals surface area contributed by atoms with Gasteiger partial charge in [0, 0.05) is 11.1 Å². The van der Waals surface area contributed by atoms with Crippen LogP contribution in [0, 0.1) is 0 Å². The van der Waals surface area contributed by atoms with Gasteiger partial charge in [-0.15, -0.1) is 0 Å². The summed E-state index contributed by atoms with van der Waals surface area (Å²) in [7, 11) is 0. The lowest BCUT2D eigenvalue weighted by Gasteiger charge is -2.06. The Hall–Kier alpha value is -3.61. The second-order valence-corrected chi connectivity index (χ2v) is 8.41. The van der Waals surface area contributed by atoms with Gasteiger partial charge in [0.05, 0.1) is 24.6 Å². The van der Waals surface area contributed by atoms with Crippen molar-refractivity contribution in [2.24, 2.45) is 5.10 Å². The molecule has 1 aromatic heterocycles. The van der Waals surface area contributed by atoms with Crippen LogP contribution >= 0.6 is 0 Å². The van der Waals surface area contributed by atoms with E-state index in [0.717, 1.165) is 35.7 Å². The van der Waals surface area contributed by atoms with E-state index >= 15 is 0 Å². The van der Waals surface area contributed by atoms with Crippen molar-refractivity contribution < 1.29 is 14.3 Å². The van der Waals surface area contributed by atoms with Crippen LogP contribution in [0.2, 0.25) is 0 Å². The molecular weight excluding hydrogens is 440 g/mol. The molecule has 3 rings (SSSR count). The van der Waals surface area contributed by atoms with Gasteiger partial charge >= 0.3 is 0 Å². The highest BCUT2D eigenvalue weighted by atomic mass is 16.5. The van der Waals surface area contributed by atoms with Crippen LogP contribution in [0.3, 0.4) is 0 Å². The highest BCUT2D eigenvalue weighted by Gasteiger charge is 2.11. The average molecular weight is 477 g/mol. The minimum Gasteiger partial charge on any atom is -0.494 e. The Morgan fingerprint density at radius 3 is 2.49 bits per heavy atom. The molecule has 35 heavy (non-hydrogen) atoms.